The number of nitrogens with zero attached hydrogens (tertiary/aromatic N) is 1. The molecule has 0 amide bonds. The summed E-state index contributed by atoms with van der Waals surface area (Å²) in [6.45, 7) is 7.20. The molecule has 2 atom stereocenters. The van der Waals surface area contributed by atoms with E-state index < -0.39 is 0 Å². The number of rotatable bonds is 3. The lowest BCUT2D eigenvalue weighted by atomic mass is 10.0. The lowest BCUT2D eigenvalue weighted by Crippen LogP contribution is -2.28. The molecule has 1 heterocycles. The Labute approximate surface area is 117 Å². The first-order valence-corrected chi connectivity index (χ1v) is 7.15. The summed E-state index contributed by atoms with van der Waals surface area (Å²) in [6.07, 6.45) is 0. The summed E-state index contributed by atoms with van der Waals surface area (Å²) in [4.78, 5) is 14.4. The molecule has 1 fully saturated rings. The Morgan fingerprint density at radius 1 is 1.24 bits per heavy atom. The predicted molar refractivity (Wildman–Crippen MR) is 78.3 cm³/mol. The van der Waals surface area contributed by atoms with Crippen LogP contribution in [0.3, 0.4) is 0 Å². The fourth-order valence-electron chi connectivity index (χ4n) is 2.31. The van der Waals surface area contributed by atoms with Crippen molar-refractivity contribution in [2.24, 2.45) is 11.8 Å². The standard InChI is InChI=1S/C14H18INO/c1-10-7-16(8-11(10)2)9-14(17)12-3-5-13(15)6-4-12/h3-6,10-11H,7-9H2,1-2H3. The molecule has 0 aliphatic carbocycles. The lowest BCUT2D eigenvalue weighted by molar-refractivity contribution is 0.0942. The van der Waals surface area contributed by atoms with Gasteiger partial charge in [-0.05, 0) is 46.6 Å². The molecule has 1 aromatic carbocycles. The predicted octanol–water partition coefficient (Wildman–Crippen LogP) is 3.06. The van der Waals surface area contributed by atoms with Crippen molar-refractivity contribution in [1.82, 2.24) is 4.90 Å². The van der Waals surface area contributed by atoms with E-state index in [9.17, 15) is 4.79 Å². The second-order valence-electron chi connectivity index (χ2n) is 5.08. The maximum Gasteiger partial charge on any atom is 0.176 e. The Morgan fingerprint density at radius 2 is 1.76 bits per heavy atom. The van der Waals surface area contributed by atoms with E-state index in [1.54, 1.807) is 0 Å². The maximum atomic E-state index is 12.1. The zero-order chi connectivity index (χ0) is 12.4. The quantitative estimate of drug-likeness (QED) is 0.621. The van der Waals surface area contributed by atoms with Gasteiger partial charge < -0.3 is 0 Å². The number of benzene rings is 1. The van der Waals surface area contributed by atoms with Gasteiger partial charge in [-0.1, -0.05) is 26.0 Å². The van der Waals surface area contributed by atoms with Crippen molar-refractivity contribution in [3.63, 3.8) is 0 Å². The average Bonchev–Trinajstić information content (AvgIpc) is 2.58. The highest BCUT2D eigenvalue weighted by Crippen LogP contribution is 2.22. The van der Waals surface area contributed by atoms with Gasteiger partial charge in [-0.15, -0.1) is 0 Å². The highest BCUT2D eigenvalue weighted by molar-refractivity contribution is 14.1. The third-order valence-electron chi connectivity index (χ3n) is 3.60. The number of carbonyl (C=O) groups is 1. The molecular formula is C14H18INO. The van der Waals surface area contributed by atoms with Gasteiger partial charge in [-0.2, -0.15) is 0 Å². The molecule has 1 aliphatic rings. The number of hydrogen-bond donors (Lipinski definition) is 0. The highest BCUT2D eigenvalue weighted by Gasteiger charge is 2.27. The van der Waals surface area contributed by atoms with Crippen LogP contribution in [0.2, 0.25) is 0 Å². The highest BCUT2D eigenvalue weighted by atomic mass is 127. The van der Waals surface area contributed by atoms with Crippen molar-refractivity contribution in [1.29, 1.82) is 0 Å². The van der Waals surface area contributed by atoms with Crippen LogP contribution in [-0.4, -0.2) is 30.3 Å². The number of hydrogen-bond acceptors (Lipinski definition) is 2. The van der Waals surface area contributed by atoms with Crippen LogP contribution < -0.4 is 0 Å². The molecule has 17 heavy (non-hydrogen) atoms. The zero-order valence-corrected chi connectivity index (χ0v) is 12.5. The smallest absolute Gasteiger partial charge is 0.176 e. The molecule has 92 valence electrons. The van der Waals surface area contributed by atoms with Crippen LogP contribution in [0.25, 0.3) is 0 Å². The first-order chi connectivity index (χ1) is 8.06. The van der Waals surface area contributed by atoms with E-state index in [1.807, 2.05) is 24.3 Å². The van der Waals surface area contributed by atoms with Crippen LogP contribution in [0.1, 0.15) is 24.2 Å². The second-order valence-corrected chi connectivity index (χ2v) is 6.32. The van der Waals surface area contributed by atoms with Crippen molar-refractivity contribution >= 4 is 28.4 Å². The third-order valence-corrected chi connectivity index (χ3v) is 4.32. The largest absolute Gasteiger partial charge is 0.295 e. The number of likely N-dealkylation sites (tertiary alicyclic amines) is 1. The molecule has 1 aromatic rings. The van der Waals surface area contributed by atoms with Gasteiger partial charge >= 0.3 is 0 Å². The molecule has 2 rings (SSSR count). The van der Waals surface area contributed by atoms with E-state index in [0.717, 1.165) is 18.7 Å². The third kappa shape index (κ3) is 3.28. The Bertz CT molecular complexity index is 391. The number of carbonyl (C=O) groups excluding carboxylic acids is 1. The Morgan fingerprint density at radius 3 is 2.29 bits per heavy atom. The fraction of sp³-hybridized carbons (Fsp3) is 0.500. The molecule has 0 bridgehead atoms. The molecular weight excluding hydrogens is 325 g/mol. The van der Waals surface area contributed by atoms with Crippen molar-refractivity contribution in [3.8, 4) is 0 Å². The summed E-state index contributed by atoms with van der Waals surface area (Å²) in [6, 6.07) is 7.83. The van der Waals surface area contributed by atoms with Gasteiger partial charge in [-0.3, -0.25) is 9.69 Å². The van der Waals surface area contributed by atoms with Crippen LogP contribution in [0.15, 0.2) is 24.3 Å². The summed E-state index contributed by atoms with van der Waals surface area (Å²) in [5.74, 6) is 1.65. The Hall–Kier alpha value is -0.420. The summed E-state index contributed by atoms with van der Waals surface area (Å²) in [5.41, 5.74) is 0.831. The minimum absolute atomic E-state index is 0.239. The number of Topliss-reactive ketones (excluding diaryl/α,β-unsaturated/α-hetero) is 1. The van der Waals surface area contributed by atoms with E-state index in [4.69, 9.17) is 0 Å². The van der Waals surface area contributed by atoms with E-state index >= 15 is 0 Å². The van der Waals surface area contributed by atoms with Crippen LogP contribution in [0.5, 0.6) is 0 Å². The molecule has 1 saturated heterocycles. The second kappa shape index (κ2) is 5.48. The van der Waals surface area contributed by atoms with E-state index in [1.165, 1.54) is 3.57 Å². The van der Waals surface area contributed by atoms with E-state index in [2.05, 4.69) is 41.3 Å². The average molecular weight is 343 g/mol. The maximum absolute atomic E-state index is 12.1. The topological polar surface area (TPSA) is 20.3 Å². The van der Waals surface area contributed by atoms with E-state index in [-0.39, 0.29) is 5.78 Å². The zero-order valence-electron chi connectivity index (χ0n) is 10.3. The van der Waals surface area contributed by atoms with Crippen molar-refractivity contribution in [2.45, 2.75) is 13.8 Å². The summed E-state index contributed by atoms with van der Waals surface area (Å²) in [7, 11) is 0. The first kappa shape index (κ1) is 13.0. The number of ketones is 1. The molecule has 1 aliphatic heterocycles. The van der Waals surface area contributed by atoms with E-state index in [0.29, 0.717) is 18.4 Å². The molecule has 3 heteroatoms. The van der Waals surface area contributed by atoms with Gasteiger partial charge in [-0.25, -0.2) is 0 Å². The lowest BCUT2D eigenvalue weighted by Gasteiger charge is -2.14. The monoisotopic (exact) mass is 343 g/mol. The molecule has 0 spiro atoms. The SMILES string of the molecule is CC1CN(CC(=O)c2ccc(I)cc2)CC1C. The minimum Gasteiger partial charge on any atom is -0.295 e. The number of halogens is 1. The molecule has 2 unspecified atom stereocenters. The molecule has 2 nitrogen and oxygen atoms in total. The van der Waals surface area contributed by atoms with Crippen molar-refractivity contribution in [3.05, 3.63) is 33.4 Å². The molecule has 0 aromatic heterocycles. The fourth-order valence-corrected chi connectivity index (χ4v) is 2.67. The van der Waals surface area contributed by atoms with Crippen LogP contribution in [0, 0.1) is 15.4 Å². The van der Waals surface area contributed by atoms with Crippen molar-refractivity contribution in [2.75, 3.05) is 19.6 Å². The van der Waals surface area contributed by atoms with Gasteiger partial charge in [0, 0.05) is 22.2 Å². The molecule has 0 N–H and O–H groups in total. The first-order valence-electron chi connectivity index (χ1n) is 6.07. The summed E-state index contributed by atoms with van der Waals surface area (Å²) in [5, 5.41) is 0. The van der Waals surface area contributed by atoms with Gasteiger partial charge in [0.25, 0.3) is 0 Å². The van der Waals surface area contributed by atoms with Crippen molar-refractivity contribution < 1.29 is 4.79 Å². The van der Waals surface area contributed by atoms with Gasteiger partial charge in [0.1, 0.15) is 0 Å². The Balaban J connectivity index is 1.96. The van der Waals surface area contributed by atoms with Gasteiger partial charge in [0.05, 0.1) is 6.54 Å². The van der Waals surface area contributed by atoms with Crippen LogP contribution in [-0.2, 0) is 0 Å². The van der Waals surface area contributed by atoms with Crippen LogP contribution >= 0.6 is 22.6 Å². The molecule has 0 radical (unpaired) electrons. The summed E-state index contributed by atoms with van der Waals surface area (Å²) >= 11 is 2.25. The summed E-state index contributed by atoms with van der Waals surface area (Å²) < 4.78 is 1.17. The Kier molecular flexibility index (Phi) is 4.20. The van der Waals surface area contributed by atoms with Crippen LogP contribution in [0.4, 0.5) is 0 Å². The van der Waals surface area contributed by atoms with Gasteiger partial charge in [0.15, 0.2) is 5.78 Å². The minimum atomic E-state index is 0.239. The van der Waals surface area contributed by atoms with Gasteiger partial charge in [0.2, 0.25) is 0 Å². The normalized spacial score (nSPS) is 25.1. The molecule has 0 saturated carbocycles.